The molecule has 1 aromatic carbocycles. The van der Waals surface area contributed by atoms with Crippen molar-refractivity contribution in [3.05, 3.63) is 28.8 Å². The van der Waals surface area contributed by atoms with Gasteiger partial charge in [0.2, 0.25) is 0 Å². The van der Waals surface area contributed by atoms with E-state index in [9.17, 15) is 0 Å². The lowest BCUT2D eigenvalue weighted by Gasteiger charge is -2.09. The molecular weight excluding hydrogens is 258 g/mol. The van der Waals surface area contributed by atoms with Crippen LogP contribution in [0.1, 0.15) is 51.5 Å². The van der Waals surface area contributed by atoms with E-state index in [1.54, 1.807) is 0 Å². The monoisotopic (exact) mass is 283 g/mol. The molecule has 0 aliphatic rings. The van der Waals surface area contributed by atoms with Crippen LogP contribution in [0.4, 0.5) is 0 Å². The first-order chi connectivity index (χ1) is 9.27. The molecule has 1 N–H and O–H groups in total. The average molecular weight is 284 g/mol. The Balaban J connectivity index is 2.29. The summed E-state index contributed by atoms with van der Waals surface area (Å²) in [6.45, 7) is 6.99. The number of halogens is 1. The van der Waals surface area contributed by atoms with Crippen LogP contribution in [0.25, 0.3) is 0 Å². The molecule has 2 nitrogen and oxygen atoms in total. The van der Waals surface area contributed by atoms with Gasteiger partial charge in [-0.25, -0.2) is 0 Å². The summed E-state index contributed by atoms with van der Waals surface area (Å²) in [5.74, 6) is 0.787. The van der Waals surface area contributed by atoms with Gasteiger partial charge >= 0.3 is 0 Å². The fourth-order valence-corrected chi connectivity index (χ4v) is 2.15. The number of hydrogen-bond acceptors (Lipinski definition) is 2. The molecule has 1 aromatic rings. The molecule has 0 spiro atoms. The van der Waals surface area contributed by atoms with E-state index in [1.165, 1.54) is 31.2 Å². The number of rotatable bonds is 10. The van der Waals surface area contributed by atoms with Gasteiger partial charge in [0.15, 0.2) is 0 Å². The molecule has 108 valence electrons. The first-order valence-electron chi connectivity index (χ1n) is 7.39. The maximum Gasteiger partial charge on any atom is 0.137 e. The van der Waals surface area contributed by atoms with Crippen LogP contribution in [-0.4, -0.2) is 13.2 Å². The van der Waals surface area contributed by atoms with Crippen LogP contribution in [0, 0.1) is 0 Å². The highest BCUT2D eigenvalue weighted by atomic mass is 35.5. The van der Waals surface area contributed by atoms with Gasteiger partial charge in [0.1, 0.15) is 5.75 Å². The molecule has 0 amide bonds. The summed E-state index contributed by atoms with van der Waals surface area (Å²) in [6, 6.07) is 6.04. The Hall–Kier alpha value is -0.730. The lowest BCUT2D eigenvalue weighted by Crippen LogP contribution is -2.14. The zero-order valence-electron chi connectivity index (χ0n) is 12.2. The summed E-state index contributed by atoms with van der Waals surface area (Å²) in [4.78, 5) is 0. The largest absolute Gasteiger partial charge is 0.492 e. The van der Waals surface area contributed by atoms with E-state index in [4.69, 9.17) is 16.3 Å². The fraction of sp³-hybridized carbons (Fsp3) is 0.625. The third-order valence-corrected chi connectivity index (χ3v) is 3.29. The van der Waals surface area contributed by atoms with Crippen molar-refractivity contribution in [2.75, 3.05) is 13.2 Å². The molecule has 0 fully saturated rings. The van der Waals surface area contributed by atoms with Crippen molar-refractivity contribution in [3.63, 3.8) is 0 Å². The van der Waals surface area contributed by atoms with Gasteiger partial charge in [0.25, 0.3) is 0 Å². The van der Waals surface area contributed by atoms with Crippen molar-refractivity contribution >= 4 is 11.6 Å². The molecule has 0 bridgehead atoms. The molecule has 0 radical (unpaired) electrons. The molecule has 0 aromatic heterocycles. The first-order valence-corrected chi connectivity index (χ1v) is 7.77. The Kier molecular flexibility index (Phi) is 8.68. The Morgan fingerprint density at radius 3 is 2.63 bits per heavy atom. The van der Waals surface area contributed by atoms with Gasteiger partial charge in [-0.1, -0.05) is 50.8 Å². The van der Waals surface area contributed by atoms with Crippen LogP contribution in [0.3, 0.4) is 0 Å². The minimum absolute atomic E-state index is 0.707. The first kappa shape index (κ1) is 16.3. The van der Waals surface area contributed by atoms with Gasteiger partial charge in [-0.3, -0.25) is 0 Å². The molecule has 0 heterocycles. The second-order valence-corrected chi connectivity index (χ2v) is 5.26. The standard InChI is InChI=1S/C16H26ClNO/c1-3-5-6-7-10-18-13-14-8-9-16(15(17)12-14)19-11-4-2/h8-9,12,18H,3-7,10-11,13H2,1-2H3. The Morgan fingerprint density at radius 2 is 1.95 bits per heavy atom. The van der Waals surface area contributed by atoms with Crippen molar-refractivity contribution < 1.29 is 4.74 Å². The minimum atomic E-state index is 0.707. The summed E-state index contributed by atoms with van der Waals surface area (Å²) >= 11 is 6.19. The Morgan fingerprint density at radius 1 is 1.11 bits per heavy atom. The maximum absolute atomic E-state index is 6.19. The van der Waals surface area contributed by atoms with Crippen LogP contribution in [0.5, 0.6) is 5.75 Å². The van der Waals surface area contributed by atoms with E-state index >= 15 is 0 Å². The highest BCUT2D eigenvalue weighted by Gasteiger charge is 2.02. The molecular formula is C16H26ClNO. The summed E-state index contributed by atoms with van der Waals surface area (Å²) in [5, 5.41) is 4.16. The lowest BCUT2D eigenvalue weighted by atomic mass is 10.2. The molecule has 0 saturated carbocycles. The molecule has 1 rings (SSSR count). The van der Waals surface area contributed by atoms with Crippen LogP contribution < -0.4 is 10.1 Å². The Labute approximate surface area is 122 Å². The van der Waals surface area contributed by atoms with Gasteiger partial charge in [-0.2, -0.15) is 0 Å². The zero-order chi connectivity index (χ0) is 13.9. The predicted molar refractivity (Wildman–Crippen MR) is 83.1 cm³/mol. The van der Waals surface area contributed by atoms with Crippen LogP contribution in [0.15, 0.2) is 18.2 Å². The number of hydrogen-bond donors (Lipinski definition) is 1. The van der Waals surface area contributed by atoms with Crippen molar-refractivity contribution in [1.29, 1.82) is 0 Å². The van der Waals surface area contributed by atoms with Crippen LogP contribution in [0.2, 0.25) is 5.02 Å². The number of nitrogens with one attached hydrogen (secondary N) is 1. The van der Waals surface area contributed by atoms with Gasteiger partial charge < -0.3 is 10.1 Å². The second kappa shape index (κ2) is 10.1. The third-order valence-electron chi connectivity index (χ3n) is 2.99. The fourth-order valence-electron chi connectivity index (χ4n) is 1.89. The van der Waals surface area contributed by atoms with Gasteiger partial charge in [-0.05, 0) is 37.1 Å². The van der Waals surface area contributed by atoms with Crippen molar-refractivity contribution in [1.82, 2.24) is 5.32 Å². The van der Waals surface area contributed by atoms with Crippen LogP contribution >= 0.6 is 11.6 Å². The van der Waals surface area contributed by atoms with E-state index in [2.05, 4.69) is 25.2 Å². The van der Waals surface area contributed by atoms with E-state index in [0.717, 1.165) is 31.9 Å². The highest BCUT2D eigenvalue weighted by Crippen LogP contribution is 2.25. The summed E-state index contributed by atoms with van der Waals surface area (Å²) in [5.41, 5.74) is 1.21. The van der Waals surface area contributed by atoms with Gasteiger partial charge in [0, 0.05) is 6.54 Å². The molecule has 0 unspecified atom stereocenters. The normalized spacial score (nSPS) is 10.7. The zero-order valence-corrected chi connectivity index (χ0v) is 12.9. The molecule has 3 heteroatoms. The summed E-state index contributed by atoms with van der Waals surface area (Å²) < 4.78 is 5.56. The number of benzene rings is 1. The predicted octanol–water partition coefficient (Wildman–Crippen LogP) is 4.80. The van der Waals surface area contributed by atoms with E-state index in [0.29, 0.717) is 5.02 Å². The van der Waals surface area contributed by atoms with Gasteiger partial charge in [0.05, 0.1) is 11.6 Å². The van der Waals surface area contributed by atoms with Crippen molar-refractivity contribution in [3.8, 4) is 5.75 Å². The number of unbranched alkanes of at least 4 members (excludes halogenated alkanes) is 3. The maximum atomic E-state index is 6.19. The quantitative estimate of drug-likeness (QED) is 0.623. The second-order valence-electron chi connectivity index (χ2n) is 4.85. The van der Waals surface area contributed by atoms with Crippen molar-refractivity contribution in [2.24, 2.45) is 0 Å². The average Bonchev–Trinajstić information content (AvgIpc) is 2.42. The highest BCUT2D eigenvalue weighted by molar-refractivity contribution is 6.32. The molecule has 0 aliphatic heterocycles. The Bertz CT molecular complexity index is 355. The van der Waals surface area contributed by atoms with Crippen LogP contribution in [-0.2, 0) is 6.54 Å². The van der Waals surface area contributed by atoms with E-state index < -0.39 is 0 Å². The number of ether oxygens (including phenoxy) is 1. The van der Waals surface area contributed by atoms with Gasteiger partial charge in [-0.15, -0.1) is 0 Å². The van der Waals surface area contributed by atoms with Crippen molar-refractivity contribution in [2.45, 2.75) is 52.5 Å². The molecule has 19 heavy (non-hydrogen) atoms. The SMILES string of the molecule is CCCCCCNCc1ccc(OCCC)c(Cl)c1. The minimum Gasteiger partial charge on any atom is -0.492 e. The smallest absolute Gasteiger partial charge is 0.137 e. The molecule has 0 aliphatic carbocycles. The molecule has 0 atom stereocenters. The topological polar surface area (TPSA) is 21.3 Å². The third kappa shape index (κ3) is 6.84. The molecule has 0 saturated heterocycles. The lowest BCUT2D eigenvalue weighted by molar-refractivity contribution is 0.317. The summed E-state index contributed by atoms with van der Waals surface area (Å²) in [6.07, 6.45) is 6.18. The van der Waals surface area contributed by atoms with E-state index in [1.807, 2.05) is 12.1 Å². The van der Waals surface area contributed by atoms with E-state index in [-0.39, 0.29) is 0 Å². The summed E-state index contributed by atoms with van der Waals surface area (Å²) in [7, 11) is 0.